The Labute approximate surface area is 227 Å². The number of quaternary nitrogens is 1. The number of nitrogens with zero attached hydrogens (tertiary/aromatic N) is 3. The zero-order valence-corrected chi connectivity index (χ0v) is 22.6. The van der Waals surface area contributed by atoms with Gasteiger partial charge in [0.1, 0.15) is 17.8 Å². The number of carbonyl (C=O) groups excluding carboxylic acids is 1. The lowest BCUT2D eigenvalue weighted by Gasteiger charge is -2.51. The minimum atomic E-state index is -0.488. The third-order valence-electron chi connectivity index (χ3n) is 8.68. The summed E-state index contributed by atoms with van der Waals surface area (Å²) in [5.74, 6) is 1.18. The Morgan fingerprint density at radius 3 is 2.51 bits per heavy atom. The molecule has 7 rings (SSSR count). The second-order valence-corrected chi connectivity index (χ2v) is 11.9. The van der Waals surface area contributed by atoms with Crippen LogP contribution in [-0.2, 0) is 21.5 Å². The van der Waals surface area contributed by atoms with Crippen LogP contribution in [0.4, 0.5) is 4.39 Å². The van der Waals surface area contributed by atoms with Crippen LogP contribution < -0.4 is 0 Å². The molecule has 3 aliphatic heterocycles. The highest BCUT2D eigenvalue weighted by molar-refractivity contribution is 7.10. The second kappa shape index (κ2) is 10.8. The standard InChI is InChI=1S/C28H33FN3O3S.ClH/c29-22-9-7-21(8-10-22)26-30-25(35-31-26)19-32-15-11-20(12-16-32)23(18-32)34-27(33)28(24-6-5-17-36-24)13-3-1-2-4-14-28;/h5-10,17,20,23H,1-4,11-16,18-19H2;1H/q+1;/t20?,23-,32?;/m0./s1. The summed E-state index contributed by atoms with van der Waals surface area (Å²) >= 11 is 1.69. The van der Waals surface area contributed by atoms with Gasteiger partial charge in [0.25, 0.3) is 5.89 Å². The van der Waals surface area contributed by atoms with Crippen molar-refractivity contribution in [2.24, 2.45) is 5.92 Å². The summed E-state index contributed by atoms with van der Waals surface area (Å²) in [5, 5.41) is 6.21. The number of hydrogen-bond donors (Lipinski definition) is 0. The van der Waals surface area contributed by atoms with E-state index in [0.717, 1.165) is 68.2 Å². The Morgan fingerprint density at radius 1 is 1.11 bits per heavy atom. The van der Waals surface area contributed by atoms with Crippen LogP contribution in [0, 0.1) is 11.7 Å². The van der Waals surface area contributed by atoms with Gasteiger partial charge in [-0.3, -0.25) is 4.79 Å². The average Bonchev–Trinajstić information content (AvgIpc) is 3.53. The predicted molar refractivity (Wildman–Crippen MR) is 142 cm³/mol. The van der Waals surface area contributed by atoms with Crippen molar-refractivity contribution < 1.29 is 22.9 Å². The first-order valence-corrected chi connectivity index (χ1v) is 14.1. The Morgan fingerprint density at radius 2 is 1.84 bits per heavy atom. The van der Waals surface area contributed by atoms with Gasteiger partial charge in [0.2, 0.25) is 5.82 Å². The SMILES string of the molecule is Cl.O=C(O[C@H]1C[N+]2(Cc3nc(-c4ccc(F)cc4)no3)CCC1CC2)C1(c2cccs2)CCCCCC1. The van der Waals surface area contributed by atoms with Crippen LogP contribution in [0.2, 0.25) is 0 Å². The fourth-order valence-electron chi connectivity index (χ4n) is 6.58. The molecular weight excluding hydrogens is 513 g/mol. The number of piperidine rings is 3. The van der Waals surface area contributed by atoms with Crippen molar-refractivity contribution in [1.29, 1.82) is 0 Å². The first kappa shape index (κ1) is 26.3. The molecule has 1 saturated carbocycles. The van der Waals surface area contributed by atoms with Crippen molar-refractivity contribution in [2.75, 3.05) is 19.6 Å². The minimum Gasteiger partial charge on any atom is -0.455 e. The number of thiophene rings is 1. The van der Waals surface area contributed by atoms with Crippen molar-refractivity contribution >= 4 is 29.7 Å². The molecule has 5 heterocycles. The first-order valence-electron chi connectivity index (χ1n) is 13.2. The van der Waals surface area contributed by atoms with E-state index in [2.05, 4.69) is 27.7 Å². The number of ether oxygens (including phenoxy) is 1. The number of rotatable bonds is 6. The molecule has 0 unspecified atom stereocenters. The van der Waals surface area contributed by atoms with E-state index in [4.69, 9.17) is 9.26 Å². The molecule has 0 radical (unpaired) electrons. The van der Waals surface area contributed by atoms with E-state index < -0.39 is 5.41 Å². The zero-order chi connectivity index (χ0) is 24.6. The molecule has 2 bridgehead atoms. The second-order valence-electron chi connectivity index (χ2n) is 10.9. The average molecular weight is 547 g/mol. The van der Waals surface area contributed by atoms with E-state index in [1.165, 1.54) is 29.9 Å². The van der Waals surface area contributed by atoms with Crippen molar-refractivity contribution in [1.82, 2.24) is 10.1 Å². The lowest BCUT2D eigenvalue weighted by Crippen LogP contribution is -2.64. The molecule has 9 heteroatoms. The Hall–Kier alpha value is -2.29. The molecule has 37 heavy (non-hydrogen) atoms. The Kier molecular flexibility index (Phi) is 7.70. The quantitative estimate of drug-likeness (QED) is 0.206. The number of carbonyl (C=O) groups is 1. The molecule has 1 aromatic carbocycles. The smallest absolute Gasteiger partial charge is 0.317 e. The molecule has 0 N–H and O–H groups in total. The molecule has 198 valence electrons. The van der Waals surface area contributed by atoms with Crippen LogP contribution in [-0.4, -0.2) is 46.3 Å². The maximum absolute atomic E-state index is 13.9. The molecule has 1 atom stereocenters. The highest BCUT2D eigenvalue weighted by Crippen LogP contribution is 2.44. The van der Waals surface area contributed by atoms with Gasteiger partial charge in [-0.25, -0.2) is 4.39 Å². The fraction of sp³-hybridized carbons (Fsp3) is 0.536. The summed E-state index contributed by atoms with van der Waals surface area (Å²) in [6.45, 7) is 3.49. The highest BCUT2D eigenvalue weighted by Gasteiger charge is 2.51. The first-order chi connectivity index (χ1) is 17.6. The molecular formula is C28H34ClFN3O3S+. The molecule has 4 fully saturated rings. The van der Waals surface area contributed by atoms with Crippen molar-refractivity contribution in [2.45, 2.75) is 69.4 Å². The summed E-state index contributed by atoms with van der Waals surface area (Å²) in [6.07, 6.45) is 8.33. The summed E-state index contributed by atoms with van der Waals surface area (Å²) in [4.78, 5) is 19.6. The third-order valence-corrected chi connectivity index (χ3v) is 9.76. The van der Waals surface area contributed by atoms with Gasteiger partial charge in [0.15, 0.2) is 12.6 Å². The topological polar surface area (TPSA) is 65.2 Å². The van der Waals surface area contributed by atoms with Gasteiger partial charge in [-0.1, -0.05) is 36.9 Å². The molecule has 0 amide bonds. The van der Waals surface area contributed by atoms with Gasteiger partial charge in [-0.2, -0.15) is 4.98 Å². The molecule has 3 saturated heterocycles. The molecule has 6 nitrogen and oxygen atoms in total. The summed E-state index contributed by atoms with van der Waals surface area (Å²) in [6, 6.07) is 10.3. The van der Waals surface area contributed by atoms with Gasteiger partial charge in [-0.05, 0) is 48.6 Å². The summed E-state index contributed by atoms with van der Waals surface area (Å²) < 4.78 is 26.2. The van der Waals surface area contributed by atoms with E-state index in [-0.39, 0.29) is 30.3 Å². The Bertz CT molecular complexity index is 1180. The van der Waals surface area contributed by atoms with Crippen LogP contribution >= 0.6 is 23.7 Å². The molecule has 4 aliphatic rings. The normalized spacial score (nSPS) is 26.7. The van der Waals surface area contributed by atoms with Gasteiger partial charge >= 0.3 is 5.97 Å². The number of hydrogen-bond acceptors (Lipinski definition) is 6. The van der Waals surface area contributed by atoms with Gasteiger partial charge < -0.3 is 13.7 Å². The number of halogens is 2. The third kappa shape index (κ3) is 5.20. The number of fused-ring (bicyclic) bond motifs is 3. The number of esters is 1. The highest BCUT2D eigenvalue weighted by atomic mass is 35.5. The van der Waals surface area contributed by atoms with Crippen LogP contribution in [0.5, 0.6) is 0 Å². The van der Waals surface area contributed by atoms with Crippen LogP contribution in [0.15, 0.2) is 46.3 Å². The predicted octanol–water partition coefficient (Wildman–Crippen LogP) is 6.30. The minimum absolute atomic E-state index is 0. The van der Waals surface area contributed by atoms with E-state index >= 15 is 0 Å². The van der Waals surface area contributed by atoms with E-state index in [0.29, 0.717) is 24.2 Å². The largest absolute Gasteiger partial charge is 0.455 e. The molecule has 2 aromatic heterocycles. The fourth-order valence-corrected chi connectivity index (χ4v) is 7.56. The maximum atomic E-state index is 13.9. The maximum Gasteiger partial charge on any atom is 0.317 e. The van der Waals surface area contributed by atoms with Crippen LogP contribution in [0.3, 0.4) is 0 Å². The molecule has 0 spiro atoms. The van der Waals surface area contributed by atoms with Crippen LogP contribution in [0.1, 0.15) is 62.1 Å². The summed E-state index contributed by atoms with van der Waals surface area (Å²) in [7, 11) is 0. The van der Waals surface area contributed by atoms with E-state index in [9.17, 15) is 9.18 Å². The van der Waals surface area contributed by atoms with Gasteiger partial charge in [0, 0.05) is 29.2 Å². The molecule has 3 aromatic rings. The number of aromatic nitrogens is 2. The molecule has 1 aliphatic carbocycles. The van der Waals surface area contributed by atoms with E-state index in [1.54, 1.807) is 23.5 Å². The summed E-state index contributed by atoms with van der Waals surface area (Å²) in [5.41, 5.74) is 0.246. The van der Waals surface area contributed by atoms with Crippen molar-refractivity contribution in [3.8, 4) is 11.4 Å². The van der Waals surface area contributed by atoms with Crippen molar-refractivity contribution in [3.05, 3.63) is 58.4 Å². The lowest BCUT2D eigenvalue weighted by atomic mass is 9.78. The van der Waals surface area contributed by atoms with Gasteiger partial charge in [-0.15, -0.1) is 23.7 Å². The van der Waals surface area contributed by atoms with Crippen molar-refractivity contribution in [3.63, 3.8) is 0 Å². The monoisotopic (exact) mass is 546 g/mol. The van der Waals surface area contributed by atoms with Gasteiger partial charge in [0.05, 0.1) is 13.1 Å². The van der Waals surface area contributed by atoms with E-state index in [1.807, 2.05) is 0 Å². The van der Waals surface area contributed by atoms with Crippen LogP contribution in [0.25, 0.3) is 11.4 Å². The lowest BCUT2D eigenvalue weighted by molar-refractivity contribution is -0.959. The zero-order valence-electron chi connectivity index (χ0n) is 20.9. The Balaban J connectivity index is 0.00000280. The number of benzene rings is 1.